The molecule has 74 valence electrons. The lowest BCUT2D eigenvalue weighted by Gasteiger charge is -2.15. The van der Waals surface area contributed by atoms with Crippen LogP contribution in [0.2, 0.25) is 0 Å². The molecule has 0 heterocycles. The van der Waals surface area contributed by atoms with Crippen molar-refractivity contribution in [2.75, 3.05) is 20.1 Å². The van der Waals surface area contributed by atoms with Gasteiger partial charge in [0.2, 0.25) is 0 Å². The molecule has 0 amide bonds. The summed E-state index contributed by atoms with van der Waals surface area (Å²) in [6.45, 7) is 3.42. The molecule has 0 unspecified atom stereocenters. The van der Waals surface area contributed by atoms with Gasteiger partial charge in [-0.3, -0.25) is 0 Å². The van der Waals surface area contributed by atoms with Gasteiger partial charge in [0.1, 0.15) is 0 Å². The van der Waals surface area contributed by atoms with Gasteiger partial charge in [-0.25, -0.2) is 0 Å². The molecular weight excluding hydrogens is 167 g/mol. The van der Waals surface area contributed by atoms with Crippen LogP contribution in [0.15, 0.2) is 0 Å². The normalized spacial score (nSPS) is 12.5. The van der Waals surface area contributed by atoms with Crippen LogP contribution < -0.4 is 0 Å². The molecule has 4 heteroatoms. The van der Waals surface area contributed by atoms with Gasteiger partial charge in [-0.15, -0.1) is 0 Å². The summed E-state index contributed by atoms with van der Waals surface area (Å²) in [5.74, 6) is 0. The summed E-state index contributed by atoms with van der Waals surface area (Å²) >= 11 is 0. The number of rotatable bonds is 5. The summed E-state index contributed by atoms with van der Waals surface area (Å²) in [7, 11) is 1.85. The van der Waals surface area contributed by atoms with Crippen molar-refractivity contribution in [1.29, 1.82) is 0 Å². The quantitative estimate of drug-likeness (QED) is 0.633. The predicted octanol–water partition coefficient (Wildman–Crippen LogP) is 2.67. The maximum atomic E-state index is 11.7. The van der Waals surface area contributed by atoms with Crippen LogP contribution in [0, 0.1) is 0 Å². The summed E-state index contributed by atoms with van der Waals surface area (Å²) in [5, 5.41) is 0. The monoisotopic (exact) mass is 183 g/mol. The molecule has 12 heavy (non-hydrogen) atoms. The van der Waals surface area contributed by atoms with E-state index in [1.54, 1.807) is 0 Å². The molecule has 0 N–H and O–H groups in total. The van der Waals surface area contributed by atoms with Crippen LogP contribution in [0.25, 0.3) is 0 Å². The second-order valence-electron chi connectivity index (χ2n) is 3.02. The third-order valence-corrected chi connectivity index (χ3v) is 1.61. The van der Waals surface area contributed by atoms with Crippen molar-refractivity contribution >= 4 is 0 Å². The Morgan fingerprint density at radius 3 is 2.17 bits per heavy atom. The minimum atomic E-state index is -3.99. The maximum absolute atomic E-state index is 11.7. The van der Waals surface area contributed by atoms with Crippen molar-refractivity contribution in [2.24, 2.45) is 0 Å². The van der Waals surface area contributed by atoms with Crippen LogP contribution in [0.3, 0.4) is 0 Å². The third kappa shape index (κ3) is 7.85. The predicted molar refractivity (Wildman–Crippen MR) is 43.1 cm³/mol. The van der Waals surface area contributed by atoms with E-state index < -0.39 is 12.6 Å². The van der Waals surface area contributed by atoms with Crippen LogP contribution in [-0.4, -0.2) is 31.2 Å². The first-order valence-electron chi connectivity index (χ1n) is 4.21. The fourth-order valence-electron chi connectivity index (χ4n) is 1.04. The highest BCUT2D eigenvalue weighted by Crippen LogP contribution is 2.21. The zero-order chi connectivity index (χ0) is 9.61. The van der Waals surface area contributed by atoms with E-state index in [1.165, 1.54) is 0 Å². The lowest BCUT2D eigenvalue weighted by molar-refractivity contribution is -0.136. The van der Waals surface area contributed by atoms with Gasteiger partial charge in [0.05, 0.1) is 0 Å². The molecule has 0 aromatic carbocycles. The minimum absolute atomic E-state index is 0.208. The smallest absolute Gasteiger partial charge is 0.306 e. The molecule has 0 atom stereocenters. The Labute approximate surface area is 71.6 Å². The van der Waals surface area contributed by atoms with E-state index in [2.05, 4.69) is 0 Å². The van der Waals surface area contributed by atoms with Gasteiger partial charge in [-0.1, -0.05) is 6.92 Å². The Kier molecular flexibility index (Phi) is 5.29. The standard InChI is InChI=1S/C8H16F3N/c1-3-6-12(2)7-4-5-8(9,10)11/h3-7H2,1-2H3. The number of alkyl halides is 3. The van der Waals surface area contributed by atoms with Crippen molar-refractivity contribution in [2.45, 2.75) is 32.4 Å². The highest BCUT2D eigenvalue weighted by molar-refractivity contribution is 4.55. The number of hydrogen-bond donors (Lipinski definition) is 0. The first kappa shape index (κ1) is 11.8. The average molecular weight is 183 g/mol. The number of hydrogen-bond acceptors (Lipinski definition) is 1. The van der Waals surface area contributed by atoms with E-state index >= 15 is 0 Å². The lowest BCUT2D eigenvalue weighted by Crippen LogP contribution is -2.22. The molecule has 0 aromatic heterocycles. The van der Waals surface area contributed by atoms with Crippen LogP contribution in [0.5, 0.6) is 0 Å². The van der Waals surface area contributed by atoms with Crippen molar-refractivity contribution in [1.82, 2.24) is 4.90 Å². The zero-order valence-corrected chi connectivity index (χ0v) is 7.62. The summed E-state index contributed by atoms with van der Waals surface area (Å²) in [6.07, 6.45) is -3.46. The Morgan fingerprint density at radius 2 is 1.75 bits per heavy atom. The maximum Gasteiger partial charge on any atom is 0.389 e. The van der Waals surface area contributed by atoms with Crippen LogP contribution in [0.1, 0.15) is 26.2 Å². The summed E-state index contributed by atoms with van der Waals surface area (Å²) in [6, 6.07) is 0. The van der Waals surface area contributed by atoms with E-state index in [4.69, 9.17) is 0 Å². The van der Waals surface area contributed by atoms with Gasteiger partial charge in [-0.05, 0) is 33.0 Å². The van der Waals surface area contributed by atoms with Crippen molar-refractivity contribution in [3.05, 3.63) is 0 Å². The highest BCUT2D eigenvalue weighted by atomic mass is 19.4. The Bertz CT molecular complexity index is 111. The molecule has 0 bridgehead atoms. The number of halogens is 3. The zero-order valence-electron chi connectivity index (χ0n) is 7.62. The fourth-order valence-corrected chi connectivity index (χ4v) is 1.04. The van der Waals surface area contributed by atoms with Crippen LogP contribution in [-0.2, 0) is 0 Å². The SMILES string of the molecule is CCCN(C)CCCC(F)(F)F. The largest absolute Gasteiger partial charge is 0.389 e. The second-order valence-corrected chi connectivity index (χ2v) is 3.02. The van der Waals surface area contributed by atoms with E-state index in [-0.39, 0.29) is 6.42 Å². The number of nitrogens with zero attached hydrogens (tertiary/aromatic N) is 1. The van der Waals surface area contributed by atoms with E-state index in [0.717, 1.165) is 13.0 Å². The lowest BCUT2D eigenvalue weighted by atomic mass is 10.3. The molecule has 0 radical (unpaired) electrons. The molecular formula is C8H16F3N. The summed E-state index contributed by atoms with van der Waals surface area (Å²) in [4.78, 5) is 1.92. The minimum Gasteiger partial charge on any atom is -0.306 e. The van der Waals surface area contributed by atoms with Crippen LogP contribution in [0.4, 0.5) is 13.2 Å². The Morgan fingerprint density at radius 1 is 1.17 bits per heavy atom. The summed E-state index contributed by atoms with van der Waals surface area (Å²) in [5.41, 5.74) is 0. The molecule has 0 saturated heterocycles. The first-order valence-corrected chi connectivity index (χ1v) is 4.21. The third-order valence-electron chi connectivity index (χ3n) is 1.61. The van der Waals surface area contributed by atoms with Gasteiger partial charge in [0, 0.05) is 6.42 Å². The molecule has 0 aliphatic carbocycles. The Hall–Kier alpha value is -0.250. The average Bonchev–Trinajstić information content (AvgIpc) is 1.84. The van der Waals surface area contributed by atoms with Gasteiger partial charge in [-0.2, -0.15) is 13.2 Å². The molecule has 0 aliphatic heterocycles. The van der Waals surface area contributed by atoms with Crippen LogP contribution >= 0.6 is 0 Å². The van der Waals surface area contributed by atoms with Crippen molar-refractivity contribution < 1.29 is 13.2 Å². The second kappa shape index (κ2) is 5.41. The van der Waals surface area contributed by atoms with Gasteiger partial charge >= 0.3 is 6.18 Å². The molecule has 1 nitrogen and oxygen atoms in total. The molecule has 0 aliphatic rings. The molecule has 0 spiro atoms. The van der Waals surface area contributed by atoms with Gasteiger partial charge < -0.3 is 4.90 Å². The van der Waals surface area contributed by atoms with E-state index in [0.29, 0.717) is 6.54 Å². The Balaban J connectivity index is 3.31. The fraction of sp³-hybridized carbons (Fsp3) is 1.00. The first-order chi connectivity index (χ1) is 5.45. The van der Waals surface area contributed by atoms with Crippen molar-refractivity contribution in [3.63, 3.8) is 0 Å². The van der Waals surface area contributed by atoms with Gasteiger partial charge in [0.25, 0.3) is 0 Å². The van der Waals surface area contributed by atoms with E-state index in [9.17, 15) is 13.2 Å². The topological polar surface area (TPSA) is 3.24 Å². The van der Waals surface area contributed by atoms with E-state index in [1.807, 2.05) is 18.9 Å². The molecule has 0 aromatic rings. The molecule has 0 saturated carbocycles. The molecule has 0 fully saturated rings. The summed E-state index contributed by atoms with van der Waals surface area (Å²) < 4.78 is 35.0. The highest BCUT2D eigenvalue weighted by Gasteiger charge is 2.25. The van der Waals surface area contributed by atoms with Crippen molar-refractivity contribution in [3.8, 4) is 0 Å². The molecule has 0 rings (SSSR count). The van der Waals surface area contributed by atoms with Gasteiger partial charge in [0.15, 0.2) is 0 Å².